The Morgan fingerprint density at radius 3 is 2.91 bits per heavy atom. The number of ether oxygens (including phenoxy) is 3. The van der Waals surface area contributed by atoms with E-state index in [4.69, 9.17) is 14.2 Å². The molecule has 1 fully saturated rings. The standard InChI is InChI=1S/C25H26N4O5/c1-32-20-6-4-5-17(11-20)21-7-2-3-10-29(21)24(30)15-28-14-19(13-26-28)27-25(31)18-8-9-22-23(12-18)34-16-33-22/h4-6,8-9,11-14,21H,2-3,7,10,15-16H2,1H3,(H,27,31). The smallest absolute Gasteiger partial charge is 0.255 e. The number of likely N-dealkylation sites (tertiary alicyclic amines) is 1. The quantitative estimate of drug-likeness (QED) is 0.601. The van der Waals surface area contributed by atoms with Crippen LogP contribution >= 0.6 is 0 Å². The summed E-state index contributed by atoms with van der Waals surface area (Å²) in [7, 11) is 1.64. The van der Waals surface area contributed by atoms with Crippen LogP contribution in [0, 0.1) is 0 Å². The van der Waals surface area contributed by atoms with E-state index in [1.165, 1.54) is 6.20 Å². The first-order chi connectivity index (χ1) is 16.6. The monoisotopic (exact) mass is 462 g/mol. The molecule has 2 amide bonds. The molecule has 2 aliphatic rings. The number of nitrogens with zero attached hydrogens (tertiary/aromatic N) is 3. The number of nitrogens with one attached hydrogen (secondary N) is 1. The maximum atomic E-state index is 13.2. The van der Waals surface area contributed by atoms with Crippen LogP contribution in [-0.2, 0) is 11.3 Å². The Morgan fingerprint density at radius 1 is 1.15 bits per heavy atom. The summed E-state index contributed by atoms with van der Waals surface area (Å²) in [6, 6.07) is 12.9. The zero-order chi connectivity index (χ0) is 23.5. The molecule has 1 saturated heterocycles. The molecule has 5 rings (SSSR count). The number of amides is 2. The predicted octanol–water partition coefficient (Wildman–Crippen LogP) is 3.63. The first-order valence-electron chi connectivity index (χ1n) is 11.3. The third-order valence-corrected chi connectivity index (χ3v) is 6.12. The molecule has 34 heavy (non-hydrogen) atoms. The van der Waals surface area contributed by atoms with Gasteiger partial charge in [0.2, 0.25) is 12.7 Å². The van der Waals surface area contributed by atoms with Gasteiger partial charge in [-0.1, -0.05) is 12.1 Å². The van der Waals surface area contributed by atoms with Gasteiger partial charge in [-0.15, -0.1) is 0 Å². The Hall–Kier alpha value is -4.01. The Bertz CT molecular complexity index is 1210. The number of anilines is 1. The van der Waals surface area contributed by atoms with E-state index in [1.54, 1.807) is 36.2 Å². The van der Waals surface area contributed by atoms with Gasteiger partial charge in [-0.2, -0.15) is 5.10 Å². The fourth-order valence-electron chi connectivity index (χ4n) is 4.41. The summed E-state index contributed by atoms with van der Waals surface area (Å²) in [6.07, 6.45) is 6.15. The van der Waals surface area contributed by atoms with Crippen molar-refractivity contribution in [2.75, 3.05) is 25.8 Å². The van der Waals surface area contributed by atoms with Crippen LogP contribution < -0.4 is 19.5 Å². The second-order valence-electron chi connectivity index (χ2n) is 8.32. The summed E-state index contributed by atoms with van der Waals surface area (Å²) < 4.78 is 17.5. The highest BCUT2D eigenvalue weighted by Crippen LogP contribution is 2.34. The van der Waals surface area contributed by atoms with Crippen molar-refractivity contribution < 1.29 is 23.8 Å². The van der Waals surface area contributed by atoms with Crippen molar-refractivity contribution in [3.63, 3.8) is 0 Å². The molecule has 2 aliphatic heterocycles. The number of benzene rings is 2. The average molecular weight is 463 g/mol. The van der Waals surface area contributed by atoms with E-state index in [0.29, 0.717) is 29.3 Å². The molecular weight excluding hydrogens is 436 g/mol. The van der Waals surface area contributed by atoms with Gasteiger partial charge in [0, 0.05) is 18.3 Å². The van der Waals surface area contributed by atoms with E-state index < -0.39 is 0 Å². The van der Waals surface area contributed by atoms with E-state index in [9.17, 15) is 9.59 Å². The van der Waals surface area contributed by atoms with Gasteiger partial charge in [0.1, 0.15) is 12.3 Å². The molecular formula is C25H26N4O5. The van der Waals surface area contributed by atoms with Crippen LogP contribution in [0.5, 0.6) is 17.2 Å². The van der Waals surface area contributed by atoms with E-state index >= 15 is 0 Å². The van der Waals surface area contributed by atoms with Gasteiger partial charge in [0.25, 0.3) is 5.91 Å². The molecule has 2 aromatic carbocycles. The van der Waals surface area contributed by atoms with Gasteiger partial charge in [-0.3, -0.25) is 14.3 Å². The number of carbonyl (C=O) groups is 2. The molecule has 0 saturated carbocycles. The van der Waals surface area contributed by atoms with E-state index in [0.717, 1.165) is 30.6 Å². The van der Waals surface area contributed by atoms with Crippen LogP contribution in [0.3, 0.4) is 0 Å². The van der Waals surface area contributed by atoms with E-state index in [1.807, 2.05) is 29.2 Å². The summed E-state index contributed by atoms with van der Waals surface area (Å²) >= 11 is 0. The predicted molar refractivity (Wildman–Crippen MR) is 124 cm³/mol. The second-order valence-corrected chi connectivity index (χ2v) is 8.32. The van der Waals surface area contributed by atoms with Crippen LogP contribution in [0.15, 0.2) is 54.9 Å². The Kier molecular flexibility index (Phi) is 6.07. The minimum atomic E-state index is -0.293. The van der Waals surface area contributed by atoms with E-state index in [2.05, 4.69) is 10.4 Å². The van der Waals surface area contributed by atoms with Crippen LogP contribution in [0.4, 0.5) is 5.69 Å². The molecule has 1 unspecified atom stereocenters. The maximum absolute atomic E-state index is 13.2. The number of carbonyl (C=O) groups excluding carboxylic acids is 2. The zero-order valence-electron chi connectivity index (χ0n) is 18.9. The second kappa shape index (κ2) is 9.46. The lowest BCUT2D eigenvalue weighted by molar-refractivity contribution is -0.135. The van der Waals surface area contributed by atoms with Crippen LogP contribution in [-0.4, -0.2) is 46.9 Å². The van der Waals surface area contributed by atoms with Crippen molar-refractivity contribution in [3.05, 3.63) is 66.0 Å². The number of aromatic nitrogens is 2. The number of piperidine rings is 1. The molecule has 176 valence electrons. The summed E-state index contributed by atoms with van der Waals surface area (Å²) in [5.74, 6) is 1.64. The van der Waals surface area contributed by atoms with Gasteiger partial charge in [-0.05, 0) is 55.2 Å². The van der Waals surface area contributed by atoms with Gasteiger partial charge >= 0.3 is 0 Å². The largest absolute Gasteiger partial charge is 0.497 e. The molecule has 9 heteroatoms. The molecule has 0 spiro atoms. The van der Waals surface area contributed by atoms with Gasteiger partial charge in [-0.25, -0.2) is 0 Å². The van der Waals surface area contributed by atoms with Crippen molar-refractivity contribution in [1.29, 1.82) is 0 Å². The lowest BCUT2D eigenvalue weighted by Gasteiger charge is -2.36. The molecule has 1 aromatic heterocycles. The van der Waals surface area contributed by atoms with Crippen LogP contribution in [0.1, 0.15) is 41.2 Å². The number of hydrogen-bond donors (Lipinski definition) is 1. The SMILES string of the molecule is COc1cccc(C2CCCCN2C(=O)Cn2cc(NC(=O)c3ccc4c(c3)OCO4)cn2)c1. The van der Waals surface area contributed by atoms with Gasteiger partial charge < -0.3 is 24.4 Å². The van der Waals surface area contributed by atoms with Crippen LogP contribution in [0.25, 0.3) is 0 Å². The summed E-state index contributed by atoms with van der Waals surface area (Å²) in [5, 5.41) is 7.08. The fourth-order valence-corrected chi connectivity index (χ4v) is 4.41. The number of hydrogen-bond acceptors (Lipinski definition) is 6. The van der Waals surface area contributed by atoms with Crippen molar-refractivity contribution in [2.45, 2.75) is 31.8 Å². The molecule has 0 bridgehead atoms. The first kappa shape index (κ1) is 21.8. The Labute approximate surface area is 197 Å². The van der Waals surface area contributed by atoms with Crippen molar-refractivity contribution in [2.24, 2.45) is 0 Å². The fraction of sp³-hybridized carbons (Fsp3) is 0.320. The number of methoxy groups -OCH3 is 1. The highest BCUT2D eigenvalue weighted by molar-refractivity contribution is 6.04. The van der Waals surface area contributed by atoms with Crippen molar-refractivity contribution in [1.82, 2.24) is 14.7 Å². The van der Waals surface area contributed by atoms with Gasteiger partial charge in [0.15, 0.2) is 11.5 Å². The molecule has 3 aromatic rings. The highest BCUT2D eigenvalue weighted by Gasteiger charge is 2.28. The first-order valence-corrected chi connectivity index (χ1v) is 11.3. The van der Waals surface area contributed by atoms with Gasteiger partial charge in [0.05, 0.1) is 25.0 Å². The zero-order valence-corrected chi connectivity index (χ0v) is 18.9. The maximum Gasteiger partial charge on any atom is 0.255 e. The average Bonchev–Trinajstić information content (AvgIpc) is 3.52. The summed E-state index contributed by atoms with van der Waals surface area (Å²) in [4.78, 5) is 27.7. The van der Waals surface area contributed by atoms with Crippen molar-refractivity contribution in [3.8, 4) is 17.2 Å². The third-order valence-electron chi connectivity index (χ3n) is 6.12. The molecule has 3 heterocycles. The number of fused-ring (bicyclic) bond motifs is 1. The summed E-state index contributed by atoms with van der Waals surface area (Å²) in [5.41, 5.74) is 2.03. The molecule has 0 aliphatic carbocycles. The molecule has 9 nitrogen and oxygen atoms in total. The number of rotatable bonds is 6. The summed E-state index contributed by atoms with van der Waals surface area (Å²) in [6.45, 7) is 0.951. The third kappa shape index (κ3) is 4.54. The highest BCUT2D eigenvalue weighted by atomic mass is 16.7. The molecule has 1 N–H and O–H groups in total. The molecule has 0 radical (unpaired) electrons. The lowest BCUT2D eigenvalue weighted by atomic mass is 9.95. The normalized spacial score (nSPS) is 16.9. The lowest BCUT2D eigenvalue weighted by Crippen LogP contribution is -2.40. The van der Waals surface area contributed by atoms with E-state index in [-0.39, 0.29) is 31.2 Å². The Morgan fingerprint density at radius 2 is 2.03 bits per heavy atom. The topological polar surface area (TPSA) is 94.9 Å². The Balaban J connectivity index is 1.24. The minimum Gasteiger partial charge on any atom is -0.497 e. The minimum absolute atomic E-state index is 0.00994. The molecule has 1 atom stereocenters. The van der Waals surface area contributed by atoms with Crippen molar-refractivity contribution >= 4 is 17.5 Å². The van der Waals surface area contributed by atoms with Crippen LogP contribution in [0.2, 0.25) is 0 Å².